The minimum atomic E-state index is -0.105. The number of rotatable bonds is 7. The van der Waals surface area contributed by atoms with Crippen molar-refractivity contribution in [3.05, 3.63) is 40.9 Å². The van der Waals surface area contributed by atoms with E-state index in [1.54, 1.807) is 10.3 Å². The molecule has 0 aliphatic carbocycles. The number of hydrogen-bond acceptors (Lipinski definition) is 5. The monoisotopic (exact) mass is 361 g/mol. The molecule has 134 valence electrons. The zero-order valence-electron chi connectivity index (χ0n) is 14.5. The van der Waals surface area contributed by atoms with Crippen LogP contribution in [0.1, 0.15) is 22.5 Å². The Labute approximate surface area is 152 Å². The highest BCUT2D eigenvalue weighted by Crippen LogP contribution is 2.23. The molecule has 6 nitrogen and oxygen atoms in total. The number of amides is 1. The first kappa shape index (κ1) is 17.8. The summed E-state index contributed by atoms with van der Waals surface area (Å²) in [4.78, 5) is 18.2. The second kappa shape index (κ2) is 8.94. The maximum atomic E-state index is 12.2. The molecule has 0 spiro atoms. The minimum Gasteiger partial charge on any atom is -0.370 e. The molecule has 1 saturated heterocycles. The summed E-state index contributed by atoms with van der Waals surface area (Å²) in [7, 11) is 0. The Bertz CT molecular complexity index is 698. The van der Waals surface area contributed by atoms with Crippen molar-refractivity contribution in [1.29, 1.82) is 0 Å². The molecule has 0 atom stereocenters. The van der Waals surface area contributed by atoms with Crippen molar-refractivity contribution >= 4 is 28.1 Å². The van der Waals surface area contributed by atoms with Gasteiger partial charge in [0.2, 0.25) is 0 Å². The van der Waals surface area contributed by atoms with E-state index >= 15 is 0 Å². The highest BCUT2D eigenvalue weighted by atomic mass is 32.1. The number of carbonyl (C=O) groups excluding carboxylic acids is 1. The highest BCUT2D eigenvalue weighted by Gasteiger charge is 2.14. The Hall–Kier alpha value is -1.96. The van der Waals surface area contributed by atoms with Crippen molar-refractivity contribution in [3.63, 3.8) is 0 Å². The SMILES string of the molecule is Cc1ccccc1Nc1nc(C(=O)NCCC[NH+]2CCOCC2)cs1. The van der Waals surface area contributed by atoms with Crippen LogP contribution in [0, 0.1) is 6.92 Å². The van der Waals surface area contributed by atoms with Crippen LogP contribution < -0.4 is 15.5 Å². The van der Waals surface area contributed by atoms with E-state index in [1.165, 1.54) is 11.3 Å². The Kier molecular flexibility index (Phi) is 6.38. The molecule has 0 bridgehead atoms. The third-order valence-electron chi connectivity index (χ3n) is 4.32. The van der Waals surface area contributed by atoms with Gasteiger partial charge in [-0.25, -0.2) is 4.98 Å². The molecule has 3 N–H and O–H groups in total. The molecular weight excluding hydrogens is 336 g/mol. The number of nitrogens with zero attached hydrogens (tertiary/aromatic N) is 1. The molecule has 1 aliphatic heterocycles. The van der Waals surface area contributed by atoms with Crippen molar-refractivity contribution in [1.82, 2.24) is 10.3 Å². The molecule has 2 heterocycles. The van der Waals surface area contributed by atoms with Crippen LogP contribution in [0.5, 0.6) is 0 Å². The van der Waals surface area contributed by atoms with Crippen LogP contribution in [0.3, 0.4) is 0 Å². The average molecular weight is 361 g/mol. The summed E-state index contributed by atoms with van der Waals surface area (Å²) in [5.41, 5.74) is 2.63. The van der Waals surface area contributed by atoms with Gasteiger partial charge >= 0.3 is 0 Å². The predicted octanol–water partition coefficient (Wildman–Crippen LogP) is 1.23. The summed E-state index contributed by atoms with van der Waals surface area (Å²) in [6.07, 6.45) is 0.972. The van der Waals surface area contributed by atoms with E-state index in [2.05, 4.69) is 15.6 Å². The fourth-order valence-corrected chi connectivity index (χ4v) is 3.51. The largest absolute Gasteiger partial charge is 0.370 e. The summed E-state index contributed by atoms with van der Waals surface area (Å²) >= 11 is 1.44. The van der Waals surface area contributed by atoms with Crippen LogP contribution in [0.15, 0.2) is 29.6 Å². The van der Waals surface area contributed by atoms with Gasteiger partial charge in [0, 0.05) is 24.0 Å². The smallest absolute Gasteiger partial charge is 0.270 e. The van der Waals surface area contributed by atoms with Gasteiger partial charge in [0.15, 0.2) is 5.13 Å². The number of nitrogens with one attached hydrogen (secondary N) is 3. The van der Waals surface area contributed by atoms with E-state index in [1.807, 2.05) is 31.2 Å². The number of aryl methyl sites for hydroxylation is 1. The fourth-order valence-electron chi connectivity index (χ4n) is 2.80. The first-order valence-corrected chi connectivity index (χ1v) is 9.58. The summed E-state index contributed by atoms with van der Waals surface area (Å²) < 4.78 is 5.35. The Morgan fingerprint density at radius 3 is 2.92 bits per heavy atom. The summed E-state index contributed by atoms with van der Waals surface area (Å²) in [5, 5.41) is 8.76. The fraction of sp³-hybridized carbons (Fsp3) is 0.444. The molecule has 1 amide bonds. The molecule has 1 fully saturated rings. The van der Waals surface area contributed by atoms with Crippen LogP contribution in [-0.4, -0.2) is 50.3 Å². The average Bonchev–Trinajstić information content (AvgIpc) is 3.10. The van der Waals surface area contributed by atoms with Gasteiger partial charge in [-0.2, -0.15) is 0 Å². The van der Waals surface area contributed by atoms with Gasteiger partial charge in [0.05, 0.1) is 19.8 Å². The maximum Gasteiger partial charge on any atom is 0.270 e. The molecule has 2 aromatic rings. The second-order valence-electron chi connectivity index (χ2n) is 6.20. The number of anilines is 2. The van der Waals surface area contributed by atoms with Gasteiger partial charge in [-0.15, -0.1) is 11.3 Å². The molecule has 3 rings (SSSR count). The number of para-hydroxylation sites is 1. The lowest BCUT2D eigenvalue weighted by Gasteiger charge is -2.23. The van der Waals surface area contributed by atoms with Crippen molar-refractivity contribution in [2.45, 2.75) is 13.3 Å². The number of carbonyl (C=O) groups is 1. The van der Waals surface area contributed by atoms with Gasteiger partial charge in [0.25, 0.3) is 5.91 Å². The van der Waals surface area contributed by atoms with Gasteiger partial charge in [-0.1, -0.05) is 18.2 Å². The second-order valence-corrected chi connectivity index (χ2v) is 7.06. The van der Waals surface area contributed by atoms with Crippen LogP contribution in [0.4, 0.5) is 10.8 Å². The van der Waals surface area contributed by atoms with E-state index < -0.39 is 0 Å². The summed E-state index contributed by atoms with van der Waals surface area (Å²) in [6.45, 7) is 7.61. The van der Waals surface area contributed by atoms with Crippen molar-refractivity contribution < 1.29 is 14.4 Å². The van der Waals surface area contributed by atoms with E-state index in [-0.39, 0.29) is 5.91 Å². The molecule has 7 heteroatoms. The van der Waals surface area contributed by atoms with E-state index in [0.717, 1.165) is 55.7 Å². The number of quaternary nitrogens is 1. The Morgan fingerprint density at radius 1 is 1.32 bits per heavy atom. The number of ether oxygens (including phenoxy) is 1. The number of aromatic nitrogens is 1. The molecule has 0 unspecified atom stereocenters. The van der Waals surface area contributed by atoms with Crippen LogP contribution in [-0.2, 0) is 4.74 Å². The lowest BCUT2D eigenvalue weighted by Crippen LogP contribution is -3.14. The van der Waals surface area contributed by atoms with E-state index in [0.29, 0.717) is 12.2 Å². The van der Waals surface area contributed by atoms with Gasteiger partial charge in [-0.3, -0.25) is 4.79 Å². The van der Waals surface area contributed by atoms with Gasteiger partial charge in [0.1, 0.15) is 18.8 Å². The Morgan fingerprint density at radius 2 is 2.12 bits per heavy atom. The molecule has 1 aliphatic rings. The zero-order valence-corrected chi connectivity index (χ0v) is 15.3. The first-order chi connectivity index (χ1) is 12.2. The predicted molar refractivity (Wildman–Crippen MR) is 99.9 cm³/mol. The minimum absolute atomic E-state index is 0.105. The maximum absolute atomic E-state index is 12.2. The molecule has 0 saturated carbocycles. The number of benzene rings is 1. The summed E-state index contributed by atoms with van der Waals surface area (Å²) in [6, 6.07) is 8.03. The topological polar surface area (TPSA) is 67.7 Å². The highest BCUT2D eigenvalue weighted by molar-refractivity contribution is 7.14. The molecule has 25 heavy (non-hydrogen) atoms. The Balaban J connectivity index is 1.43. The molecule has 1 aromatic heterocycles. The standard InChI is InChI=1S/C18H24N4O2S/c1-14-5-2-3-6-15(14)20-18-21-16(13-25-18)17(23)19-7-4-8-22-9-11-24-12-10-22/h2-3,5-6,13H,4,7-12H2,1H3,(H,19,23)(H,20,21)/p+1. The number of hydrogen-bond donors (Lipinski definition) is 3. The van der Waals surface area contributed by atoms with E-state index in [9.17, 15) is 4.79 Å². The van der Waals surface area contributed by atoms with Crippen molar-refractivity contribution in [2.24, 2.45) is 0 Å². The van der Waals surface area contributed by atoms with Crippen LogP contribution in [0.25, 0.3) is 0 Å². The normalized spacial score (nSPS) is 15.1. The van der Waals surface area contributed by atoms with Gasteiger partial charge in [-0.05, 0) is 18.6 Å². The molecule has 0 radical (unpaired) electrons. The zero-order chi connectivity index (χ0) is 17.5. The molecular formula is C18H25N4O2S+. The van der Waals surface area contributed by atoms with Crippen molar-refractivity contribution in [2.75, 3.05) is 44.7 Å². The summed E-state index contributed by atoms with van der Waals surface area (Å²) in [5.74, 6) is -0.105. The quantitative estimate of drug-likeness (QED) is 0.649. The first-order valence-electron chi connectivity index (χ1n) is 8.70. The lowest BCUT2D eigenvalue weighted by molar-refractivity contribution is -0.908. The number of morpholine rings is 1. The lowest BCUT2D eigenvalue weighted by atomic mass is 10.2. The van der Waals surface area contributed by atoms with E-state index in [4.69, 9.17) is 4.74 Å². The van der Waals surface area contributed by atoms with Crippen LogP contribution >= 0.6 is 11.3 Å². The van der Waals surface area contributed by atoms with Crippen LogP contribution in [0.2, 0.25) is 0 Å². The third-order valence-corrected chi connectivity index (χ3v) is 5.07. The third kappa shape index (κ3) is 5.26. The number of thiazole rings is 1. The molecule has 1 aromatic carbocycles. The van der Waals surface area contributed by atoms with Crippen molar-refractivity contribution in [3.8, 4) is 0 Å². The van der Waals surface area contributed by atoms with Gasteiger partial charge < -0.3 is 20.3 Å².